The van der Waals surface area contributed by atoms with Crippen molar-refractivity contribution in [2.45, 2.75) is 18.9 Å². The van der Waals surface area contributed by atoms with Crippen LogP contribution in [0.15, 0.2) is 77.4 Å². The summed E-state index contributed by atoms with van der Waals surface area (Å²) in [6.07, 6.45) is 1.81. The summed E-state index contributed by atoms with van der Waals surface area (Å²) in [6.45, 7) is 0. The van der Waals surface area contributed by atoms with Gasteiger partial charge in [-0.1, -0.05) is 30.3 Å². The number of hydrogen-bond donors (Lipinski definition) is 1. The molecule has 0 saturated heterocycles. The van der Waals surface area contributed by atoms with Crippen LogP contribution in [0.1, 0.15) is 12.0 Å². The zero-order chi connectivity index (χ0) is 16.8. The molecule has 0 aliphatic rings. The van der Waals surface area contributed by atoms with E-state index in [1.165, 1.54) is 0 Å². The molecule has 0 unspecified atom stereocenters. The Labute approximate surface area is 140 Å². The number of aliphatic carboxylic acids is 1. The van der Waals surface area contributed by atoms with E-state index in [-0.39, 0.29) is 0 Å². The average Bonchev–Trinajstić information content (AvgIpc) is 3.14. The molecular formula is C20H18O4. The summed E-state index contributed by atoms with van der Waals surface area (Å²) < 4.78 is 11.0. The van der Waals surface area contributed by atoms with E-state index in [0.717, 1.165) is 16.9 Å². The van der Waals surface area contributed by atoms with Crippen LogP contribution < -0.4 is 4.74 Å². The number of benzene rings is 2. The SMILES string of the molecule is O=C(O)[C@H](CCc1ccccc1)Oc1ccc(-c2ccco2)cc1. The minimum Gasteiger partial charge on any atom is -0.479 e. The predicted molar refractivity (Wildman–Crippen MR) is 91.0 cm³/mol. The second kappa shape index (κ2) is 7.51. The van der Waals surface area contributed by atoms with E-state index < -0.39 is 12.1 Å². The third-order valence-corrected chi connectivity index (χ3v) is 3.75. The lowest BCUT2D eigenvalue weighted by Crippen LogP contribution is -2.27. The summed E-state index contributed by atoms with van der Waals surface area (Å²) in [7, 11) is 0. The lowest BCUT2D eigenvalue weighted by molar-refractivity contribution is -0.145. The van der Waals surface area contributed by atoms with Crippen LogP contribution in [0.4, 0.5) is 0 Å². The maximum Gasteiger partial charge on any atom is 0.344 e. The minimum atomic E-state index is -0.957. The Balaban J connectivity index is 1.64. The van der Waals surface area contributed by atoms with Crippen molar-refractivity contribution in [3.63, 3.8) is 0 Å². The fourth-order valence-electron chi connectivity index (χ4n) is 2.48. The van der Waals surface area contributed by atoms with Gasteiger partial charge in [-0.15, -0.1) is 0 Å². The molecule has 1 N–H and O–H groups in total. The molecule has 0 aliphatic carbocycles. The monoisotopic (exact) mass is 322 g/mol. The largest absolute Gasteiger partial charge is 0.479 e. The van der Waals surface area contributed by atoms with E-state index in [0.29, 0.717) is 18.6 Å². The average molecular weight is 322 g/mol. The highest BCUT2D eigenvalue weighted by molar-refractivity contribution is 5.72. The van der Waals surface area contributed by atoms with Gasteiger partial charge in [-0.05, 0) is 54.8 Å². The van der Waals surface area contributed by atoms with E-state index in [1.807, 2.05) is 54.6 Å². The molecule has 3 rings (SSSR count). The summed E-state index contributed by atoms with van der Waals surface area (Å²) in [5.74, 6) is 0.340. The summed E-state index contributed by atoms with van der Waals surface area (Å²) in [6, 6.07) is 20.7. The highest BCUT2D eigenvalue weighted by atomic mass is 16.5. The van der Waals surface area contributed by atoms with Gasteiger partial charge in [-0.25, -0.2) is 4.79 Å². The van der Waals surface area contributed by atoms with Gasteiger partial charge in [-0.2, -0.15) is 0 Å². The molecule has 1 heterocycles. The molecule has 1 atom stereocenters. The van der Waals surface area contributed by atoms with Gasteiger partial charge in [0, 0.05) is 5.56 Å². The number of aryl methyl sites for hydroxylation is 1. The van der Waals surface area contributed by atoms with Crippen molar-refractivity contribution >= 4 is 5.97 Å². The third kappa shape index (κ3) is 4.04. The number of rotatable bonds is 7. The zero-order valence-electron chi connectivity index (χ0n) is 13.1. The van der Waals surface area contributed by atoms with Gasteiger partial charge in [0.1, 0.15) is 11.5 Å². The first-order valence-corrected chi connectivity index (χ1v) is 7.80. The molecule has 0 saturated carbocycles. The van der Waals surface area contributed by atoms with E-state index in [9.17, 15) is 9.90 Å². The van der Waals surface area contributed by atoms with Crippen LogP contribution in [-0.4, -0.2) is 17.2 Å². The molecule has 0 radical (unpaired) electrons. The lowest BCUT2D eigenvalue weighted by atomic mass is 10.1. The highest BCUT2D eigenvalue weighted by Crippen LogP contribution is 2.23. The summed E-state index contributed by atoms with van der Waals surface area (Å²) in [4.78, 5) is 11.4. The first-order chi connectivity index (χ1) is 11.7. The zero-order valence-corrected chi connectivity index (χ0v) is 13.1. The Bertz CT molecular complexity index is 761. The second-order valence-corrected chi connectivity index (χ2v) is 5.47. The van der Waals surface area contributed by atoms with Crippen LogP contribution in [0, 0.1) is 0 Å². The van der Waals surface area contributed by atoms with E-state index in [2.05, 4.69) is 0 Å². The Hall–Kier alpha value is -3.01. The Morgan fingerprint density at radius 3 is 2.38 bits per heavy atom. The van der Waals surface area contributed by atoms with Crippen LogP contribution in [0.2, 0.25) is 0 Å². The van der Waals surface area contributed by atoms with Crippen LogP contribution in [0.3, 0.4) is 0 Å². The van der Waals surface area contributed by atoms with E-state index in [4.69, 9.17) is 9.15 Å². The van der Waals surface area contributed by atoms with Crippen LogP contribution in [0.25, 0.3) is 11.3 Å². The molecule has 4 nitrogen and oxygen atoms in total. The summed E-state index contributed by atoms with van der Waals surface area (Å²) in [5.41, 5.74) is 2.02. The van der Waals surface area contributed by atoms with E-state index in [1.54, 1.807) is 18.4 Å². The molecule has 1 aromatic heterocycles. The van der Waals surface area contributed by atoms with Crippen LogP contribution >= 0.6 is 0 Å². The molecule has 0 aliphatic heterocycles. The molecule has 24 heavy (non-hydrogen) atoms. The fraction of sp³-hybridized carbons (Fsp3) is 0.150. The number of carboxylic acid groups (broad SMARTS) is 1. The van der Waals surface area contributed by atoms with E-state index >= 15 is 0 Å². The maximum atomic E-state index is 11.4. The van der Waals surface area contributed by atoms with Gasteiger partial charge in [0.05, 0.1) is 6.26 Å². The normalized spacial score (nSPS) is 11.8. The maximum absolute atomic E-state index is 11.4. The first kappa shape index (κ1) is 15.9. The molecule has 3 aromatic rings. The molecule has 0 fully saturated rings. The Morgan fingerprint density at radius 2 is 1.75 bits per heavy atom. The quantitative estimate of drug-likeness (QED) is 0.700. The lowest BCUT2D eigenvalue weighted by Gasteiger charge is -2.15. The Kier molecular flexibility index (Phi) is 4.96. The molecule has 2 aromatic carbocycles. The van der Waals surface area contributed by atoms with Gasteiger partial charge < -0.3 is 14.3 Å². The number of carboxylic acids is 1. The second-order valence-electron chi connectivity index (χ2n) is 5.47. The van der Waals surface area contributed by atoms with Crippen molar-refractivity contribution < 1.29 is 19.1 Å². The van der Waals surface area contributed by atoms with Crippen molar-refractivity contribution in [1.82, 2.24) is 0 Å². The van der Waals surface area contributed by atoms with Gasteiger partial charge >= 0.3 is 5.97 Å². The Morgan fingerprint density at radius 1 is 1.00 bits per heavy atom. The molecule has 122 valence electrons. The van der Waals surface area contributed by atoms with Crippen molar-refractivity contribution in [2.75, 3.05) is 0 Å². The van der Waals surface area contributed by atoms with Crippen molar-refractivity contribution in [2.24, 2.45) is 0 Å². The number of carbonyl (C=O) groups is 1. The van der Waals surface area contributed by atoms with Crippen molar-refractivity contribution in [3.8, 4) is 17.1 Å². The molecule has 4 heteroatoms. The van der Waals surface area contributed by atoms with Crippen LogP contribution in [0.5, 0.6) is 5.75 Å². The fourth-order valence-corrected chi connectivity index (χ4v) is 2.48. The smallest absolute Gasteiger partial charge is 0.344 e. The van der Waals surface area contributed by atoms with Gasteiger partial charge in [0.15, 0.2) is 6.10 Å². The summed E-state index contributed by atoms with van der Waals surface area (Å²) >= 11 is 0. The molecule has 0 bridgehead atoms. The van der Waals surface area contributed by atoms with Crippen molar-refractivity contribution in [3.05, 3.63) is 78.6 Å². The van der Waals surface area contributed by atoms with Crippen molar-refractivity contribution in [1.29, 1.82) is 0 Å². The molecular weight excluding hydrogens is 304 g/mol. The molecule has 0 spiro atoms. The highest BCUT2D eigenvalue weighted by Gasteiger charge is 2.19. The number of ether oxygens (including phenoxy) is 1. The first-order valence-electron chi connectivity index (χ1n) is 7.80. The van der Waals surface area contributed by atoms with Gasteiger partial charge in [-0.3, -0.25) is 0 Å². The topological polar surface area (TPSA) is 59.7 Å². The van der Waals surface area contributed by atoms with Gasteiger partial charge in [0.2, 0.25) is 0 Å². The standard InChI is InChI=1S/C20H18O4/c21-20(22)19(13-8-15-5-2-1-3-6-15)24-17-11-9-16(10-12-17)18-7-4-14-23-18/h1-7,9-12,14,19H,8,13H2,(H,21,22)/t19-/m0/s1. The number of hydrogen-bond acceptors (Lipinski definition) is 3. The minimum absolute atomic E-state index is 0.416. The predicted octanol–water partition coefficient (Wildman–Crippen LogP) is 4.41. The van der Waals surface area contributed by atoms with Gasteiger partial charge in [0.25, 0.3) is 0 Å². The van der Waals surface area contributed by atoms with Crippen LogP contribution in [-0.2, 0) is 11.2 Å². The number of furan rings is 1. The summed E-state index contributed by atoms with van der Waals surface area (Å²) in [5, 5.41) is 9.38. The third-order valence-electron chi connectivity index (χ3n) is 3.75. The molecule has 0 amide bonds.